The van der Waals surface area contributed by atoms with Crippen molar-refractivity contribution in [2.75, 3.05) is 20.6 Å². The van der Waals surface area contributed by atoms with Crippen molar-refractivity contribution >= 4 is 0 Å². The van der Waals surface area contributed by atoms with Crippen LogP contribution in [0.3, 0.4) is 0 Å². The van der Waals surface area contributed by atoms with Crippen molar-refractivity contribution in [2.45, 2.75) is 231 Å². The number of hydrogen-bond donors (Lipinski definition) is 0. The molecule has 50 heavy (non-hydrogen) atoms. The molecule has 1 fully saturated rings. The third-order valence-corrected chi connectivity index (χ3v) is 10.3. The highest BCUT2D eigenvalue weighted by Crippen LogP contribution is 2.31. The van der Waals surface area contributed by atoms with Crippen LogP contribution in [0.2, 0.25) is 0 Å². The molecular formula is C47H87NO2. The van der Waals surface area contributed by atoms with Crippen molar-refractivity contribution in [1.29, 1.82) is 0 Å². The van der Waals surface area contributed by atoms with Crippen LogP contribution in [-0.4, -0.2) is 50.0 Å². The third kappa shape index (κ3) is 28.4. The van der Waals surface area contributed by atoms with Crippen LogP contribution in [0.1, 0.15) is 207 Å². The molecule has 0 N–H and O–H groups in total. The van der Waals surface area contributed by atoms with Crippen LogP contribution in [0.15, 0.2) is 48.6 Å². The zero-order valence-corrected chi connectivity index (χ0v) is 34.4. The van der Waals surface area contributed by atoms with Gasteiger partial charge in [-0.1, -0.05) is 166 Å². The van der Waals surface area contributed by atoms with E-state index in [4.69, 9.17) is 9.47 Å². The van der Waals surface area contributed by atoms with E-state index in [9.17, 15) is 0 Å². The molecule has 1 heterocycles. The summed E-state index contributed by atoms with van der Waals surface area (Å²) in [5.74, 6) is 0. The second kappa shape index (κ2) is 36.2. The van der Waals surface area contributed by atoms with E-state index in [2.05, 4.69) is 88.4 Å². The number of nitrogens with zero attached hydrogens (tertiary/aromatic N) is 1. The first kappa shape index (κ1) is 46.9. The molecule has 0 aliphatic carbocycles. The lowest BCUT2D eigenvalue weighted by atomic mass is 9.95. The van der Waals surface area contributed by atoms with Gasteiger partial charge in [-0.2, -0.15) is 0 Å². The SMILES string of the molecule is CCCCC/C=C\C/C=C\CCCCCCCCC1OC(CCC)C(CCN(C)C)OC1CCCCCCCC/C=C\C/C=C\CCCCC. The Labute approximate surface area is 314 Å². The summed E-state index contributed by atoms with van der Waals surface area (Å²) in [5, 5.41) is 0. The van der Waals surface area contributed by atoms with Gasteiger partial charge in [-0.05, 0) is 104 Å². The molecule has 292 valence electrons. The number of hydrogen-bond acceptors (Lipinski definition) is 3. The molecule has 1 rings (SSSR count). The highest BCUT2D eigenvalue weighted by molar-refractivity contribution is 4.93. The number of unbranched alkanes of at least 4 members (excludes halogenated alkanes) is 18. The van der Waals surface area contributed by atoms with Crippen molar-refractivity contribution < 1.29 is 9.47 Å². The summed E-state index contributed by atoms with van der Waals surface area (Å²) < 4.78 is 13.9. The fourth-order valence-electron chi connectivity index (χ4n) is 7.15. The van der Waals surface area contributed by atoms with Crippen molar-refractivity contribution in [3.8, 4) is 0 Å². The smallest absolute Gasteiger partial charge is 0.0854 e. The van der Waals surface area contributed by atoms with Crippen LogP contribution in [0, 0.1) is 0 Å². The van der Waals surface area contributed by atoms with Crippen LogP contribution in [-0.2, 0) is 9.47 Å². The first-order valence-electron chi connectivity index (χ1n) is 22.2. The normalized spacial score (nSPS) is 20.2. The van der Waals surface area contributed by atoms with Crippen molar-refractivity contribution in [1.82, 2.24) is 4.90 Å². The van der Waals surface area contributed by atoms with E-state index in [0.717, 1.165) is 32.2 Å². The highest BCUT2D eigenvalue weighted by atomic mass is 16.6. The lowest BCUT2D eigenvalue weighted by Gasteiger charge is -2.43. The first-order valence-corrected chi connectivity index (χ1v) is 22.2. The molecule has 1 saturated heterocycles. The molecule has 0 aromatic rings. The fraction of sp³-hybridized carbons (Fsp3) is 0.830. The molecule has 3 nitrogen and oxygen atoms in total. The maximum Gasteiger partial charge on any atom is 0.0854 e. The van der Waals surface area contributed by atoms with Crippen LogP contribution < -0.4 is 0 Å². The van der Waals surface area contributed by atoms with E-state index in [-0.39, 0.29) is 24.4 Å². The van der Waals surface area contributed by atoms with Crippen molar-refractivity contribution in [3.63, 3.8) is 0 Å². The van der Waals surface area contributed by atoms with Gasteiger partial charge in [0, 0.05) is 6.54 Å². The molecule has 0 spiro atoms. The third-order valence-electron chi connectivity index (χ3n) is 10.3. The van der Waals surface area contributed by atoms with Gasteiger partial charge in [0.2, 0.25) is 0 Å². The minimum Gasteiger partial charge on any atom is -0.370 e. The number of allylic oxidation sites excluding steroid dienone is 8. The van der Waals surface area contributed by atoms with E-state index < -0.39 is 0 Å². The molecule has 1 aliphatic heterocycles. The van der Waals surface area contributed by atoms with E-state index >= 15 is 0 Å². The predicted octanol–water partition coefficient (Wildman–Crippen LogP) is 14.7. The summed E-state index contributed by atoms with van der Waals surface area (Å²) >= 11 is 0. The van der Waals surface area contributed by atoms with Crippen LogP contribution in [0.25, 0.3) is 0 Å². The first-order chi connectivity index (χ1) is 24.6. The van der Waals surface area contributed by atoms with Crippen LogP contribution in [0.4, 0.5) is 0 Å². The quantitative estimate of drug-likeness (QED) is 0.0486. The average molecular weight is 698 g/mol. The molecule has 1 aliphatic rings. The van der Waals surface area contributed by atoms with Gasteiger partial charge < -0.3 is 14.4 Å². The van der Waals surface area contributed by atoms with Gasteiger partial charge in [0.15, 0.2) is 0 Å². The Balaban J connectivity index is 2.31. The monoisotopic (exact) mass is 698 g/mol. The molecule has 0 aromatic heterocycles. The van der Waals surface area contributed by atoms with Gasteiger partial charge in [0.25, 0.3) is 0 Å². The Morgan fingerprint density at radius 1 is 0.360 bits per heavy atom. The maximum atomic E-state index is 6.94. The van der Waals surface area contributed by atoms with Gasteiger partial charge in [-0.3, -0.25) is 0 Å². The molecule has 0 radical (unpaired) electrons. The van der Waals surface area contributed by atoms with Gasteiger partial charge in [-0.15, -0.1) is 0 Å². The summed E-state index contributed by atoms with van der Waals surface area (Å²) in [6.45, 7) is 7.91. The zero-order chi connectivity index (χ0) is 36.2. The largest absolute Gasteiger partial charge is 0.370 e. The van der Waals surface area contributed by atoms with E-state index in [1.54, 1.807) is 0 Å². The molecule has 0 bridgehead atoms. The van der Waals surface area contributed by atoms with Crippen molar-refractivity contribution in [3.05, 3.63) is 48.6 Å². The average Bonchev–Trinajstić information content (AvgIpc) is 3.11. The molecule has 3 heteroatoms. The Morgan fingerprint density at radius 3 is 1.08 bits per heavy atom. The molecule has 0 saturated carbocycles. The molecule has 4 unspecified atom stereocenters. The van der Waals surface area contributed by atoms with E-state index in [1.165, 1.54) is 161 Å². The maximum absolute atomic E-state index is 6.94. The number of rotatable bonds is 35. The van der Waals surface area contributed by atoms with Crippen LogP contribution >= 0.6 is 0 Å². The molecular weight excluding hydrogens is 611 g/mol. The van der Waals surface area contributed by atoms with Gasteiger partial charge in [-0.25, -0.2) is 0 Å². The van der Waals surface area contributed by atoms with Crippen molar-refractivity contribution in [2.24, 2.45) is 0 Å². The second-order valence-electron chi connectivity index (χ2n) is 15.6. The highest BCUT2D eigenvalue weighted by Gasteiger charge is 2.37. The van der Waals surface area contributed by atoms with Gasteiger partial charge >= 0.3 is 0 Å². The molecule has 4 atom stereocenters. The number of ether oxygens (including phenoxy) is 2. The summed E-state index contributed by atoms with van der Waals surface area (Å²) in [6, 6.07) is 0. The Kier molecular flexibility index (Phi) is 33.9. The zero-order valence-electron chi connectivity index (χ0n) is 34.4. The minimum absolute atomic E-state index is 0.249. The second-order valence-corrected chi connectivity index (χ2v) is 15.6. The lowest BCUT2D eigenvalue weighted by Crippen LogP contribution is -2.50. The standard InChI is InChI=1S/C47H87NO2/c1-6-9-11-13-15-17-19-21-23-25-27-29-31-33-35-37-40-45-46(50-47(42-43-48(4)5)44(49-45)39-8-3)41-38-36-34-32-30-28-26-24-22-20-18-16-14-12-10-7-2/h15-18,21-24,44-47H,6-14,19-20,25-43H2,1-5H3/b17-15-,18-16-,23-21-,24-22-. The Morgan fingerprint density at radius 2 is 0.700 bits per heavy atom. The Hall–Kier alpha value is -1.16. The summed E-state index contributed by atoms with van der Waals surface area (Å²) in [7, 11) is 4.35. The minimum atomic E-state index is 0.249. The summed E-state index contributed by atoms with van der Waals surface area (Å²) in [4.78, 5) is 2.29. The topological polar surface area (TPSA) is 21.7 Å². The Bertz CT molecular complexity index is 814. The van der Waals surface area contributed by atoms with Gasteiger partial charge in [0.05, 0.1) is 24.4 Å². The van der Waals surface area contributed by atoms with Crippen LogP contribution in [0.5, 0.6) is 0 Å². The van der Waals surface area contributed by atoms with E-state index in [1.807, 2.05) is 0 Å². The summed E-state index contributed by atoms with van der Waals surface area (Å²) in [6.07, 6.45) is 56.9. The van der Waals surface area contributed by atoms with Gasteiger partial charge in [0.1, 0.15) is 0 Å². The van der Waals surface area contributed by atoms with E-state index in [0.29, 0.717) is 0 Å². The predicted molar refractivity (Wildman–Crippen MR) is 223 cm³/mol. The summed E-state index contributed by atoms with van der Waals surface area (Å²) in [5.41, 5.74) is 0. The molecule has 0 amide bonds. The fourth-order valence-corrected chi connectivity index (χ4v) is 7.15. The lowest BCUT2D eigenvalue weighted by molar-refractivity contribution is -0.227. The molecule has 0 aromatic carbocycles.